The first kappa shape index (κ1) is 14.0. The van der Waals surface area contributed by atoms with Crippen LogP contribution in [0.25, 0.3) is 0 Å². The molecule has 6 nitrogen and oxygen atoms in total. The number of rotatable bonds is 5. The third kappa shape index (κ3) is 3.10. The highest BCUT2D eigenvalue weighted by Gasteiger charge is 2.28. The second kappa shape index (κ2) is 5.66. The summed E-state index contributed by atoms with van der Waals surface area (Å²) in [7, 11) is 1.20. The van der Waals surface area contributed by atoms with E-state index >= 15 is 0 Å². The number of nitrogens with zero attached hydrogens (tertiary/aromatic N) is 1. The predicted octanol–water partition coefficient (Wildman–Crippen LogP) is 2.40. The molecule has 1 fully saturated rings. The number of methoxy groups -OCH3 is 1. The van der Waals surface area contributed by atoms with Gasteiger partial charge in [-0.05, 0) is 25.0 Å². The summed E-state index contributed by atoms with van der Waals surface area (Å²) < 4.78 is 5.19. The fraction of sp³-hybridized carbons (Fsp3) is 0.417. The molecule has 0 aromatic heterocycles. The summed E-state index contributed by atoms with van der Waals surface area (Å²) in [5.74, 6) is -0.702. The Bertz CT molecular complexity index is 529. The van der Waals surface area contributed by atoms with E-state index in [1.807, 2.05) is 0 Å². The van der Waals surface area contributed by atoms with Gasteiger partial charge in [-0.25, -0.2) is 4.79 Å². The molecule has 0 amide bonds. The number of hydrogen-bond acceptors (Lipinski definition) is 5. The van der Waals surface area contributed by atoms with Crippen LogP contribution in [-0.4, -0.2) is 24.0 Å². The number of halogens is 1. The van der Waals surface area contributed by atoms with Crippen molar-refractivity contribution in [3.05, 3.63) is 37.8 Å². The predicted molar refractivity (Wildman–Crippen MR) is 72.0 cm³/mol. The minimum atomic E-state index is -0.702. The molecule has 7 heteroatoms. The molecule has 0 aliphatic heterocycles. The Morgan fingerprint density at radius 1 is 1.58 bits per heavy atom. The lowest BCUT2D eigenvalue weighted by atomic mass is 10.1. The minimum absolute atomic E-state index is 0.0247. The molecule has 1 N–H and O–H groups in total. The lowest BCUT2D eigenvalue weighted by Gasteiger charge is -2.09. The zero-order chi connectivity index (χ0) is 14.0. The lowest BCUT2D eigenvalue weighted by Crippen LogP contribution is -2.18. The number of carbonyl (C=O) groups excluding carboxylic acids is 1. The summed E-state index contributed by atoms with van der Waals surface area (Å²) in [5, 5.41) is 14.4. The van der Waals surface area contributed by atoms with Gasteiger partial charge in [0.25, 0.3) is 5.69 Å². The van der Waals surface area contributed by atoms with E-state index < -0.39 is 10.9 Å². The number of ether oxygens (including phenoxy) is 1. The van der Waals surface area contributed by atoms with Gasteiger partial charge in [0.05, 0.1) is 17.6 Å². The molecule has 1 aliphatic rings. The first-order chi connectivity index (χ1) is 9.04. The van der Waals surface area contributed by atoms with Crippen LogP contribution < -0.4 is 5.32 Å². The molecule has 1 aliphatic carbocycles. The van der Waals surface area contributed by atoms with Gasteiger partial charge in [-0.15, -0.1) is 0 Å². The Kier molecular flexibility index (Phi) is 4.16. The first-order valence-electron chi connectivity index (χ1n) is 5.82. The van der Waals surface area contributed by atoms with Gasteiger partial charge in [0, 0.05) is 17.1 Å². The largest absolute Gasteiger partial charge is 0.465 e. The first-order valence-corrected chi connectivity index (χ1v) is 6.61. The van der Waals surface area contributed by atoms with Crippen LogP contribution in [0.1, 0.15) is 28.8 Å². The zero-order valence-corrected chi connectivity index (χ0v) is 11.9. The van der Waals surface area contributed by atoms with E-state index in [4.69, 9.17) is 0 Å². The average molecular weight is 329 g/mol. The molecule has 102 valence electrons. The van der Waals surface area contributed by atoms with Crippen LogP contribution in [-0.2, 0) is 11.3 Å². The van der Waals surface area contributed by atoms with Crippen molar-refractivity contribution >= 4 is 27.6 Å². The molecule has 0 heterocycles. The zero-order valence-electron chi connectivity index (χ0n) is 10.3. The maximum absolute atomic E-state index is 11.6. The SMILES string of the molecule is COC(=O)c1ccc(Br)c(CNC2CC2)c1[N+](=O)[O-]. The number of benzene rings is 1. The normalized spacial score (nSPS) is 14.2. The molecule has 0 spiro atoms. The fourth-order valence-corrected chi connectivity index (χ4v) is 2.26. The van der Waals surface area contributed by atoms with Crippen LogP contribution >= 0.6 is 15.9 Å². The van der Waals surface area contributed by atoms with Gasteiger partial charge in [-0.1, -0.05) is 15.9 Å². The number of nitro groups is 1. The summed E-state index contributed by atoms with van der Waals surface area (Å²) in [4.78, 5) is 22.3. The van der Waals surface area contributed by atoms with Crippen molar-refractivity contribution in [2.75, 3.05) is 7.11 Å². The second-order valence-corrected chi connectivity index (χ2v) is 5.18. The number of hydrogen-bond donors (Lipinski definition) is 1. The molecular weight excluding hydrogens is 316 g/mol. The van der Waals surface area contributed by atoms with Gasteiger partial charge in [0.15, 0.2) is 0 Å². The standard InChI is InChI=1S/C12H13BrN2O4/c1-19-12(16)8-4-5-10(13)9(11(8)15(17)18)6-14-7-2-3-7/h4-5,7,14H,2-3,6H2,1H3. The minimum Gasteiger partial charge on any atom is -0.465 e. The molecule has 19 heavy (non-hydrogen) atoms. The monoisotopic (exact) mass is 328 g/mol. The molecule has 1 saturated carbocycles. The molecule has 0 atom stereocenters. The Morgan fingerprint density at radius 3 is 2.79 bits per heavy atom. The third-order valence-corrected chi connectivity index (χ3v) is 3.70. The van der Waals surface area contributed by atoms with Gasteiger partial charge >= 0.3 is 5.97 Å². The molecule has 0 saturated heterocycles. The summed E-state index contributed by atoms with van der Waals surface area (Å²) in [6, 6.07) is 3.45. The number of nitro benzene ring substituents is 1. The van der Waals surface area contributed by atoms with Crippen LogP contribution in [0.15, 0.2) is 16.6 Å². The second-order valence-electron chi connectivity index (χ2n) is 4.33. The Hall–Kier alpha value is -1.47. The van der Waals surface area contributed by atoms with E-state index in [-0.39, 0.29) is 11.3 Å². The molecule has 1 aromatic rings. The van der Waals surface area contributed by atoms with Crippen LogP contribution in [0.4, 0.5) is 5.69 Å². The number of nitrogens with one attached hydrogen (secondary N) is 1. The molecule has 0 unspecified atom stereocenters. The highest BCUT2D eigenvalue weighted by atomic mass is 79.9. The summed E-state index contributed by atoms with van der Waals surface area (Å²) in [5.41, 5.74) is 0.248. The van der Waals surface area contributed by atoms with Crippen molar-refractivity contribution in [2.45, 2.75) is 25.4 Å². The van der Waals surface area contributed by atoms with Crippen molar-refractivity contribution in [3.8, 4) is 0 Å². The fourth-order valence-electron chi connectivity index (χ4n) is 1.80. The summed E-state index contributed by atoms with van der Waals surface area (Å²) in [6.07, 6.45) is 2.17. The van der Waals surface area contributed by atoms with Gasteiger partial charge in [-0.2, -0.15) is 0 Å². The van der Waals surface area contributed by atoms with Gasteiger partial charge in [0.2, 0.25) is 0 Å². The molecule has 1 aromatic carbocycles. The lowest BCUT2D eigenvalue weighted by molar-refractivity contribution is -0.386. The van der Waals surface area contributed by atoms with E-state index in [1.54, 1.807) is 6.07 Å². The summed E-state index contributed by atoms with van der Waals surface area (Å²) >= 11 is 3.29. The quantitative estimate of drug-likeness (QED) is 0.510. The maximum Gasteiger partial charge on any atom is 0.344 e. The van der Waals surface area contributed by atoms with E-state index in [0.717, 1.165) is 12.8 Å². The van der Waals surface area contributed by atoms with Crippen molar-refractivity contribution in [3.63, 3.8) is 0 Å². The number of esters is 1. The molecular formula is C12H13BrN2O4. The summed E-state index contributed by atoms with van der Waals surface area (Å²) in [6.45, 7) is 0.354. The Morgan fingerprint density at radius 2 is 2.26 bits per heavy atom. The van der Waals surface area contributed by atoms with Crippen LogP contribution in [0.2, 0.25) is 0 Å². The van der Waals surface area contributed by atoms with Crippen molar-refractivity contribution in [2.24, 2.45) is 0 Å². The third-order valence-electron chi connectivity index (χ3n) is 2.96. The average Bonchev–Trinajstić information content (AvgIpc) is 3.19. The Labute approximate surface area is 118 Å². The van der Waals surface area contributed by atoms with Crippen LogP contribution in [0.3, 0.4) is 0 Å². The van der Waals surface area contributed by atoms with E-state index in [2.05, 4.69) is 26.0 Å². The van der Waals surface area contributed by atoms with Crippen LogP contribution in [0.5, 0.6) is 0 Å². The van der Waals surface area contributed by atoms with Crippen molar-refractivity contribution in [1.29, 1.82) is 0 Å². The highest BCUT2D eigenvalue weighted by molar-refractivity contribution is 9.10. The van der Waals surface area contributed by atoms with Gasteiger partial charge in [-0.3, -0.25) is 10.1 Å². The molecule has 2 rings (SSSR count). The van der Waals surface area contributed by atoms with Crippen LogP contribution in [0, 0.1) is 10.1 Å². The van der Waals surface area contributed by atoms with Gasteiger partial charge < -0.3 is 10.1 Å². The number of carbonyl (C=O) groups is 1. The Balaban J connectivity index is 2.41. The van der Waals surface area contributed by atoms with Gasteiger partial charge in [0.1, 0.15) is 5.56 Å². The van der Waals surface area contributed by atoms with E-state index in [0.29, 0.717) is 22.6 Å². The van der Waals surface area contributed by atoms with Crippen molar-refractivity contribution in [1.82, 2.24) is 5.32 Å². The topological polar surface area (TPSA) is 81.5 Å². The van der Waals surface area contributed by atoms with E-state index in [9.17, 15) is 14.9 Å². The molecule has 0 bridgehead atoms. The maximum atomic E-state index is 11.6. The smallest absolute Gasteiger partial charge is 0.344 e. The highest BCUT2D eigenvalue weighted by Crippen LogP contribution is 2.32. The molecule has 0 radical (unpaired) electrons. The van der Waals surface area contributed by atoms with E-state index in [1.165, 1.54) is 13.2 Å². The van der Waals surface area contributed by atoms with Crippen molar-refractivity contribution < 1.29 is 14.5 Å².